The number of carbonyl (C=O) groups is 1. The molecule has 3 aromatic rings. The van der Waals surface area contributed by atoms with E-state index in [4.69, 9.17) is 16.0 Å². The van der Waals surface area contributed by atoms with Crippen molar-refractivity contribution in [3.63, 3.8) is 0 Å². The zero-order valence-corrected chi connectivity index (χ0v) is 13.5. The van der Waals surface area contributed by atoms with Crippen LogP contribution in [-0.4, -0.2) is 26.1 Å². The van der Waals surface area contributed by atoms with E-state index in [1.807, 2.05) is 0 Å². The first-order chi connectivity index (χ1) is 10.9. The minimum Gasteiger partial charge on any atom is -0.436 e. The molecule has 0 bridgehead atoms. The zero-order valence-electron chi connectivity index (χ0n) is 12.8. The SMILES string of the molecule is Cc1nc(-c2ccc(NC(=O)c3oc(C)nc3C)cc2Cl)n[nH]1. The highest BCUT2D eigenvalue weighted by molar-refractivity contribution is 6.33. The summed E-state index contributed by atoms with van der Waals surface area (Å²) in [5.41, 5.74) is 1.77. The number of nitrogens with zero attached hydrogens (tertiary/aromatic N) is 3. The maximum atomic E-state index is 12.2. The number of halogens is 1. The molecular formula is C15H14ClN5O2. The van der Waals surface area contributed by atoms with E-state index in [2.05, 4.69) is 25.5 Å². The predicted molar refractivity (Wildman–Crippen MR) is 85.5 cm³/mol. The number of rotatable bonds is 3. The number of anilines is 1. The van der Waals surface area contributed by atoms with Gasteiger partial charge >= 0.3 is 0 Å². The van der Waals surface area contributed by atoms with E-state index in [9.17, 15) is 4.79 Å². The van der Waals surface area contributed by atoms with E-state index in [0.29, 0.717) is 39.5 Å². The van der Waals surface area contributed by atoms with Gasteiger partial charge in [-0.05, 0) is 32.0 Å². The third-order valence-electron chi connectivity index (χ3n) is 3.17. The number of aromatic amines is 1. The second kappa shape index (κ2) is 5.85. The molecule has 0 aliphatic carbocycles. The van der Waals surface area contributed by atoms with Crippen LogP contribution in [0.4, 0.5) is 5.69 Å². The molecule has 3 rings (SSSR count). The minimum absolute atomic E-state index is 0.187. The number of carbonyl (C=O) groups excluding carboxylic acids is 1. The smallest absolute Gasteiger partial charge is 0.293 e. The Hall–Kier alpha value is -2.67. The van der Waals surface area contributed by atoms with E-state index in [0.717, 1.165) is 0 Å². The highest BCUT2D eigenvalue weighted by Gasteiger charge is 2.17. The average molecular weight is 332 g/mol. The summed E-state index contributed by atoms with van der Waals surface area (Å²) in [6, 6.07) is 5.11. The molecule has 0 aliphatic heterocycles. The van der Waals surface area contributed by atoms with E-state index >= 15 is 0 Å². The largest absolute Gasteiger partial charge is 0.436 e. The van der Waals surface area contributed by atoms with Gasteiger partial charge in [0, 0.05) is 18.2 Å². The highest BCUT2D eigenvalue weighted by atomic mass is 35.5. The normalized spacial score (nSPS) is 10.8. The fourth-order valence-corrected chi connectivity index (χ4v) is 2.43. The monoisotopic (exact) mass is 331 g/mol. The number of nitrogens with one attached hydrogen (secondary N) is 2. The number of oxazole rings is 1. The van der Waals surface area contributed by atoms with Gasteiger partial charge in [0.25, 0.3) is 5.91 Å². The van der Waals surface area contributed by atoms with Crippen LogP contribution in [0.1, 0.15) is 28.0 Å². The Labute approximate surface area is 137 Å². The Morgan fingerprint density at radius 1 is 1.26 bits per heavy atom. The summed E-state index contributed by atoms with van der Waals surface area (Å²) >= 11 is 6.26. The first-order valence-electron chi connectivity index (χ1n) is 6.88. The molecule has 0 aliphatic rings. The maximum Gasteiger partial charge on any atom is 0.293 e. The third kappa shape index (κ3) is 3.09. The van der Waals surface area contributed by atoms with Crippen molar-refractivity contribution in [1.29, 1.82) is 0 Å². The lowest BCUT2D eigenvalue weighted by Crippen LogP contribution is -2.12. The molecule has 0 spiro atoms. The molecule has 0 saturated carbocycles. The molecule has 1 aromatic carbocycles. The van der Waals surface area contributed by atoms with Crippen molar-refractivity contribution in [3.8, 4) is 11.4 Å². The second-order valence-electron chi connectivity index (χ2n) is 5.04. The Morgan fingerprint density at radius 2 is 2.04 bits per heavy atom. The second-order valence-corrected chi connectivity index (χ2v) is 5.45. The molecule has 0 saturated heterocycles. The molecule has 7 nitrogen and oxygen atoms in total. The maximum absolute atomic E-state index is 12.2. The summed E-state index contributed by atoms with van der Waals surface area (Å²) in [6.45, 7) is 5.21. The standard InChI is InChI=1S/C15H14ClN5O2/c1-7-13(23-9(3)17-7)15(22)19-10-4-5-11(12(16)6-10)14-18-8(2)20-21-14/h4-6H,1-3H3,(H,19,22)(H,18,20,21). The van der Waals surface area contributed by atoms with Crippen molar-refractivity contribution in [2.75, 3.05) is 5.32 Å². The van der Waals surface area contributed by atoms with Crippen LogP contribution in [0.25, 0.3) is 11.4 Å². The number of hydrogen-bond acceptors (Lipinski definition) is 5. The molecule has 0 fully saturated rings. The van der Waals surface area contributed by atoms with Crippen molar-refractivity contribution in [2.24, 2.45) is 0 Å². The summed E-state index contributed by atoms with van der Waals surface area (Å²) in [5, 5.41) is 10.00. The first kappa shape index (κ1) is 15.2. The Balaban J connectivity index is 1.83. The summed E-state index contributed by atoms with van der Waals surface area (Å²) in [4.78, 5) is 20.5. The van der Waals surface area contributed by atoms with Crippen LogP contribution in [-0.2, 0) is 0 Å². The number of H-pyrrole nitrogens is 1. The molecule has 0 atom stereocenters. The fourth-order valence-electron chi connectivity index (χ4n) is 2.17. The molecule has 23 heavy (non-hydrogen) atoms. The van der Waals surface area contributed by atoms with Crippen molar-refractivity contribution in [3.05, 3.63) is 46.4 Å². The summed E-state index contributed by atoms with van der Waals surface area (Å²) in [7, 11) is 0. The van der Waals surface area contributed by atoms with Crippen LogP contribution in [0, 0.1) is 20.8 Å². The average Bonchev–Trinajstić information content (AvgIpc) is 3.04. The number of amides is 1. The van der Waals surface area contributed by atoms with Crippen LogP contribution in [0.5, 0.6) is 0 Å². The summed E-state index contributed by atoms with van der Waals surface area (Å²) in [5.74, 6) is 1.46. The topological polar surface area (TPSA) is 96.7 Å². The molecule has 2 aromatic heterocycles. The van der Waals surface area contributed by atoms with Crippen LogP contribution in [0.3, 0.4) is 0 Å². The molecule has 2 heterocycles. The van der Waals surface area contributed by atoms with Crippen LogP contribution in [0.15, 0.2) is 22.6 Å². The van der Waals surface area contributed by atoms with Gasteiger partial charge in [-0.25, -0.2) is 9.97 Å². The van der Waals surface area contributed by atoms with Gasteiger partial charge in [-0.1, -0.05) is 11.6 Å². The number of aromatic nitrogens is 4. The van der Waals surface area contributed by atoms with E-state index in [1.165, 1.54) is 0 Å². The van der Waals surface area contributed by atoms with Gasteiger partial charge in [0.15, 0.2) is 11.7 Å². The lowest BCUT2D eigenvalue weighted by atomic mass is 10.2. The van der Waals surface area contributed by atoms with Crippen LogP contribution >= 0.6 is 11.6 Å². The lowest BCUT2D eigenvalue weighted by molar-refractivity contribution is 0.0994. The Bertz CT molecular complexity index is 884. The van der Waals surface area contributed by atoms with Gasteiger partial charge in [-0.2, -0.15) is 5.10 Å². The quantitative estimate of drug-likeness (QED) is 0.767. The molecule has 0 radical (unpaired) electrons. The van der Waals surface area contributed by atoms with E-state index in [-0.39, 0.29) is 11.7 Å². The fraction of sp³-hybridized carbons (Fsp3) is 0.200. The predicted octanol–water partition coefficient (Wildman–Crippen LogP) is 3.29. The van der Waals surface area contributed by atoms with Gasteiger partial charge in [0.1, 0.15) is 5.82 Å². The minimum atomic E-state index is -0.374. The number of aryl methyl sites for hydroxylation is 3. The van der Waals surface area contributed by atoms with E-state index in [1.54, 1.807) is 39.0 Å². The van der Waals surface area contributed by atoms with Gasteiger partial charge in [-0.15, -0.1) is 0 Å². The molecule has 1 amide bonds. The molecule has 2 N–H and O–H groups in total. The third-order valence-corrected chi connectivity index (χ3v) is 3.49. The Kier molecular flexibility index (Phi) is 3.87. The zero-order chi connectivity index (χ0) is 16.6. The van der Waals surface area contributed by atoms with Gasteiger partial charge in [0.2, 0.25) is 5.76 Å². The molecule has 0 unspecified atom stereocenters. The molecular weight excluding hydrogens is 318 g/mol. The molecule has 8 heteroatoms. The van der Waals surface area contributed by atoms with Crippen molar-refractivity contribution in [2.45, 2.75) is 20.8 Å². The van der Waals surface area contributed by atoms with Gasteiger partial charge < -0.3 is 9.73 Å². The first-order valence-corrected chi connectivity index (χ1v) is 7.26. The van der Waals surface area contributed by atoms with Gasteiger partial charge in [0.05, 0.1) is 10.7 Å². The van der Waals surface area contributed by atoms with Crippen molar-refractivity contribution in [1.82, 2.24) is 20.2 Å². The van der Waals surface area contributed by atoms with Gasteiger partial charge in [-0.3, -0.25) is 9.89 Å². The molecule has 118 valence electrons. The van der Waals surface area contributed by atoms with Crippen LogP contribution < -0.4 is 5.32 Å². The van der Waals surface area contributed by atoms with Crippen molar-refractivity contribution < 1.29 is 9.21 Å². The number of benzene rings is 1. The number of hydrogen-bond donors (Lipinski definition) is 2. The Morgan fingerprint density at radius 3 is 2.61 bits per heavy atom. The summed E-state index contributed by atoms with van der Waals surface area (Å²) < 4.78 is 5.29. The lowest BCUT2D eigenvalue weighted by Gasteiger charge is -2.06. The highest BCUT2D eigenvalue weighted by Crippen LogP contribution is 2.28. The summed E-state index contributed by atoms with van der Waals surface area (Å²) in [6.07, 6.45) is 0. The van der Waals surface area contributed by atoms with Crippen LogP contribution in [0.2, 0.25) is 5.02 Å². The van der Waals surface area contributed by atoms with E-state index < -0.39 is 0 Å². The van der Waals surface area contributed by atoms with Crippen molar-refractivity contribution >= 4 is 23.2 Å².